The third-order valence-corrected chi connectivity index (χ3v) is 13.8. The van der Waals surface area contributed by atoms with Gasteiger partial charge in [0, 0.05) is 27.2 Å². The van der Waals surface area contributed by atoms with E-state index < -0.39 is 61.7 Å². The van der Waals surface area contributed by atoms with Crippen molar-refractivity contribution in [3.8, 4) is 11.9 Å². The number of nitrogen functional groups attached to an aromatic ring is 2. The van der Waals surface area contributed by atoms with Crippen molar-refractivity contribution in [2.24, 2.45) is 20.5 Å². The lowest BCUT2D eigenvalue weighted by atomic mass is 9.91. The Kier molecular flexibility index (Phi) is 15.0. The first-order chi connectivity index (χ1) is 34.2. The predicted octanol–water partition coefficient (Wildman–Crippen LogP) is 6.93. The number of anilines is 3. The SMILES string of the molecule is CC(C)(C)c1nn(-c2nc(NCCS(=O)(=O)O)nc(-n3nc(C(C)(C)C)c(N=Nc4nnc(Sc5ccc(C(=O)O)c(C(=O)O)c5)s4)c3N)n2)c(N)c1N=Nc1nnc(Sc2ccc(C(=O)O)c(C(=O)O)c2)s1. The molecule has 0 saturated carbocycles. The van der Waals surface area contributed by atoms with E-state index in [1.807, 2.05) is 41.5 Å². The van der Waals surface area contributed by atoms with Crippen LogP contribution in [0.25, 0.3) is 11.9 Å². The Bertz CT molecular complexity index is 3310. The molecule has 73 heavy (non-hydrogen) atoms. The van der Waals surface area contributed by atoms with Crippen LogP contribution >= 0.6 is 46.2 Å². The van der Waals surface area contributed by atoms with E-state index in [4.69, 9.17) is 21.7 Å². The number of hydrogen-bond acceptors (Lipinski definition) is 26. The van der Waals surface area contributed by atoms with Gasteiger partial charge in [0.15, 0.2) is 31.7 Å². The van der Waals surface area contributed by atoms with Crippen LogP contribution in [0.3, 0.4) is 0 Å². The zero-order valence-corrected chi connectivity index (χ0v) is 42.6. The molecule has 2 aromatic carbocycles. The summed E-state index contributed by atoms with van der Waals surface area (Å²) >= 11 is 4.02. The number of carboxylic acids is 4. The summed E-state index contributed by atoms with van der Waals surface area (Å²) in [6.45, 7) is 10.6. The lowest BCUT2D eigenvalue weighted by molar-refractivity contribution is 0.0651. The molecule has 5 aromatic heterocycles. The highest BCUT2D eigenvalue weighted by Crippen LogP contribution is 2.41. The van der Waals surface area contributed by atoms with Crippen molar-refractivity contribution < 1.29 is 52.6 Å². The molecule has 7 rings (SSSR count). The minimum absolute atomic E-state index is 0.0611. The second-order valence-electron chi connectivity index (χ2n) is 16.9. The molecular weight excluding hydrogens is 1060 g/mol. The molecule has 0 aliphatic rings. The fourth-order valence-corrected chi connectivity index (χ4v) is 9.84. The van der Waals surface area contributed by atoms with Crippen LogP contribution in [0.15, 0.2) is 75.3 Å². The molecule has 0 aliphatic carbocycles. The van der Waals surface area contributed by atoms with Crippen LogP contribution in [-0.4, -0.2) is 124 Å². The number of nitrogens with one attached hydrogen (secondary N) is 1. The molecule has 0 spiro atoms. The van der Waals surface area contributed by atoms with Crippen LogP contribution in [0.1, 0.15) is 94.4 Å². The smallest absolute Gasteiger partial charge is 0.336 e. The van der Waals surface area contributed by atoms with Gasteiger partial charge in [0.2, 0.25) is 5.95 Å². The summed E-state index contributed by atoms with van der Waals surface area (Å²) in [5.41, 5.74) is 11.1. The third kappa shape index (κ3) is 12.4. The molecule has 29 nitrogen and oxygen atoms in total. The number of nitrogens with two attached hydrogens (primary N) is 2. The number of rotatable bonds is 18. The molecule has 34 heteroatoms. The Hall–Kier alpha value is -7.92. The van der Waals surface area contributed by atoms with E-state index in [2.05, 4.69) is 61.1 Å². The van der Waals surface area contributed by atoms with Crippen molar-refractivity contribution in [2.45, 2.75) is 70.8 Å². The van der Waals surface area contributed by atoms with E-state index in [1.165, 1.54) is 36.4 Å². The molecule has 7 aromatic rings. The average Bonchev–Trinajstić information content (AvgIpc) is 4.09. The average molecular weight is 1100 g/mol. The summed E-state index contributed by atoms with van der Waals surface area (Å²) in [4.78, 5) is 60.7. The molecule has 0 fully saturated rings. The van der Waals surface area contributed by atoms with E-state index in [1.54, 1.807) is 0 Å². The second kappa shape index (κ2) is 20.7. The van der Waals surface area contributed by atoms with Crippen LogP contribution in [0.4, 0.5) is 39.2 Å². The molecule has 0 bridgehead atoms. The van der Waals surface area contributed by atoms with Gasteiger partial charge in [-0.1, -0.05) is 87.7 Å². The third-order valence-electron chi connectivity index (χ3n) is 9.42. The van der Waals surface area contributed by atoms with Gasteiger partial charge in [-0.15, -0.1) is 40.9 Å². The van der Waals surface area contributed by atoms with E-state index in [-0.39, 0.29) is 68.8 Å². The largest absolute Gasteiger partial charge is 0.478 e. The van der Waals surface area contributed by atoms with Crippen LogP contribution in [0, 0.1) is 0 Å². The van der Waals surface area contributed by atoms with Crippen molar-refractivity contribution in [1.29, 1.82) is 0 Å². The van der Waals surface area contributed by atoms with Crippen molar-refractivity contribution in [3.63, 3.8) is 0 Å². The standard InChI is InChI=1S/C39H38N18O11S5/c1-38(2,3)23-21(46-48-34-50-52-36(71-34)69-15-7-9-17(27(58)59)19(13-15)29(62)63)25(40)56(54-23)32-43-31(42-11-12-73(66,67)68)44-33(45-32)57-26(41)22(24(55-57)39(4,5)6)47-49-35-51-53-37(72-35)70-16-8-10-18(28(60)61)20(14-16)30(64)65/h7-10,13-14H,11-12,40-41H2,1-6H3,(H,58,59)(H,60,61)(H,62,63)(H,64,65)(H,66,67,68)(H,42,43,44,45). The van der Waals surface area contributed by atoms with Gasteiger partial charge in [-0.3, -0.25) is 4.55 Å². The van der Waals surface area contributed by atoms with Crippen LogP contribution in [-0.2, 0) is 20.9 Å². The van der Waals surface area contributed by atoms with Crippen molar-refractivity contribution in [1.82, 2.24) is 54.9 Å². The monoisotopic (exact) mass is 1090 g/mol. The van der Waals surface area contributed by atoms with Gasteiger partial charge in [0.25, 0.3) is 32.3 Å². The Morgan fingerprint density at radius 3 is 1.38 bits per heavy atom. The molecule has 0 atom stereocenters. The number of carbonyl (C=O) groups is 4. The number of aromatic carboxylic acids is 4. The molecule has 0 amide bonds. The molecule has 5 heterocycles. The lowest BCUT2D eigenvalue weighted by Crippen LogP contribution is -2.20. The molecule has 380 valence electrons. The highest BCUT2D eigenvalue weighted by molar-refractivity contribution is 8.01. The van der Waals surface area contributed by atoms with Crippen molar-refractivity contribution in [2.75, 3.05) is 29.1 Å². The fraction of sp³-hybridized carbons (Fsp3) is 0.256. The first-order valence-corrected chi connectivity index (χ1v) is 25.4. The maximum absolute atomic E-state index is 11.7. The highest BCUT2D eigenvalue weighted by Gasteiger charge is 2.31. The Labute approximate surface area is 427 Å². The Morgan fingerprint density at radius 2 is 1.03 bits per heavy atom. The zero-order chi connectivity index (χ0) is 53.3. The number of benzene rings is 2. The maximum atomic E-state index is 11.7. The topological polar surface area (TPSA) is 443 Å². The number of hydrogen-bond donors (Lipinski definition) is 8. The molecule has 0 radical (unpaired) electrons. The van der Waals surface area contributed by atoms with E-state index in [0.717, 1.165) is 55.6 Å². The minimum atomic E-state index is -4.43. The van der Waals surface area contributed by atoms with Crippen molar-refractivity contribution >= 4 is 119 Å². The molecular formula is C39H38N18O11S5. The molecule has 0 unspecified atom stereocenters. The Balaban J connectivity index is 1.23. The summed E-state index contributed by atoms with van der Waals surface area (Å²) in [5, 5.41) is 83.6. The van der Waals surface area contributed by atoms with E-state index >= 15 is 0 Å². The van der Waals surface area contributed by atoms with Gasteiger partial charge < -0.3 is 37.2 Å². The molecule has 0 saturated heterocycles. The first kappa shape index (κ1) is 52.9. The van der Waals surface area contributed by atoms with Crippen molar-refractivity contribution in [3.05, 3.63) is 70.0 Å². The number of nitrogens with zero attached hydrogens (tertiary/aromatic N) is 15. The van der Waals surface area contributed by atoms with Crippen LogP contribution in [0.5, 0.6) is 0 Å². The fourth-order valence-electron chi connectivity index (χ4n) is 6.13. The van der Waals surface area contributed by atoms with Crippen LogP contribution in [0.2, 0.25) is 0 Å². The van der Waals surface area contributed by atoms with Gasteiger partial charge in [-0.2, -0.15) is 42.9 Å². The van der Waals surface area contributed by atoms with Gasteiger partial charge >= 0.3 is 23.9 Å². The normalized spacial score (nSPS) is 12.3. The quantitative estimate of drug-likeness (QED) is 0.0319. The van der Waals surface area contributed by atoms with Gasteiger partial charge in [-0.05, 0) is 36.4 Å². The zero-order valence-electron chi connectivity index (χ0n) is 38.5. The number of azo groups is 2. The summed E-state index contributed by atoms with van der Waals surface area (Å²) in [7, 11) is -4.43. The lowest BCUT2D eigenvalue weighted by Gasteiger charge is -2.15. The number of carboxylic acid groups (broad SMARTS) is 4. The van der Waals surface area contributed by atoms with Gasteiger partial charge in [0.05, 0.1) is 39.4 Å². The maximum Gasteiger partial charge on any atom is 0.336 e. The summed E-state index contributed by atoms with van der Waals surface area (Å²) in [5.74, 6) is -7.32. The summed E-state index contributed by atoms with van der Waals surface area (Å²) in [6.07, 6.45) is 0. The molecule has 0 aliphatic heterocycles. The first-order valence-electron chi connectivity index (χ1n) is 20.5. The predicted molar refractivity (Wildman–Crippen MR) is 262 cm³/mol. The Morgan fingerprint density at radius 1 is 0.630 bits per heavy atom. The van der Waals surface area contributed by atoms with E-state index in [9.17, 15) is 52.6 Å². The van der Waals surface area contributed by atoms with Gasteiger partial charge in [0.1, 0.15) is 0 Å². The van der Waals surface area contributed by atoms with Gasteiger partial charge in [-0.25, -0.2) is 19.2 Å². The molecule has 10 N–H and O–H groups in total. The number of aromatic nitrogens is 11. The summed E-state index contributed by atoms with van der Waals surface area (Å²) in [6, 6.07) is 7.63. The minimum Gasteiger partial charge on any atom is -0.478 e. The summed E-state index contributed by atoms with van der Waals surface area (Å²) < 4.78 is 35.7. The second-order valence-corrected chi connectivity index (χ2v) is 23.0. The van der Waals surface area contributed by atoms with E-state index in [0.29, 0.717) is 29.9 Å². The van der Waals surface area contributed by atoms with Crippen LogP contribution < -0.4 is 16.8 Å². The highest BCUT2D eigenvalue weighted by atomic mass is 32.2.